The van der Waals surface area contributed by atoms with E-state index in [2.05, 4.69) is 16.2 Å². The quantitative estimate of drug-likeness (QED) is 0.399. The van der Waals surface area contributed by atoms with Crippen LogP contribution in [0.3, 0.4) is 0 Å². The van der Waals surface area contributed by atoms with Crippen molar-refractivity contribution in [2.75, 3.05) is 11.9 Å². The van der Waals surface area contributed by atoms with Crippen LogP contribution in [0.15, 0.2) is 64.7 Å². The Kier molecular flexibility index (Phi) is 7.20. The standard InChI is InChI=1S/C28H27Cl2FN4O3/c1-3-38-27(37)35-34-24-14-22(16-5-4-6-17(29)11-16)28(21-10-8-18(30)12-23(21)32-26(28)36)25(33-24)20-13-19(31)9-7-15(20)2/h4-10,12-13,16,22,25H,3,11,14H2,1-2H3,(H,32,36)(H,33,34)(H,35,37)/t16?,22-,25-,28-/m0/s1. The van der Waals surface area contributed by atoms with Crippen molar-refractivity contribution in [3.8, 4) is 0 Å². The first-order valence-electron chi connectivity index (χ1n) is 12.4. The maximum absolute atomic E-state index is 14.7. The highest BCUT2D eigenvalue weighted by Gasteiger charge is 2.61. The van der Waals surface area contributed by atoms with E-state index in [4.69, 9.17) is 32.9 Å². The Morgan fingerprint density at radius 2 is 2.05 bits per heavy atom. The van der Waals surface area contributed by atoms with Crippen LogP contribution in [0.2, 0.25) is 5.02 Å². The third-order valence-electron chi connectivity index (χ3n) is 7.47. The molecule has 0 bridgehead atoms. The number of carbonyl (C=O) groups excluding carboxylic acids is 2. The van der Waals surface area contributed by atoms with Gasteiger partial charge in [0.05, 0.1) is 12.6 Å². The number of hydrogen-bond donors (Lipinski definition) is 3. The zero-order valence-electron chi connectivity index (χ0n) is 20.9. The van der Waals surface area contributed by atoms with Crippen LogP contribution in [0.1, 0.15) is 42.5 Å². The van der Waals surface area contributed by atoms with Crippen LogP contribution >= 0.6 is 23.2 Å². The normalized spacial score (nSPS) is 25.8. The highest BCUT2D eigenvalue weighted by atomic mass is 35.5. The minimum absolute atomic E-state index is 0.147. The van der Waals surface area contributed by atoms with Gasteiger partial charge < -0.3 is 10.1 Å². The summed E-state index contributed by atoms with van der Waals surface area (Å²) in [6, 6.07) is 8.99. The predicted octanol–water partition coefficient (Wildman–Crippen LogP) is 6.09. The molecule has 2 amide bonds. The van der Waals surface area contributed by atoms with Crippen LogP contribution < -0.4 is 16.2 Å². The number of nitrogens with one attached hydrogen (secondary N) is 3. The van der Waals surface area contributed by atoms with Gasteiger partial charge in [-0.15, -0.1) is 0 Å². The van der Waals surface area contributed by atoms with Gasteiger partial charge >= 0.3 is 6.09 Å². The van der Waals surface area contributed by atoms with Crippen molar-refractivity contribution in [3.05, 3.63) is 87.2 Å². The lowest BCUT2D eigenvalue weighted by Crippen LogP contribution is -2.55. The van der Waals surface area contributed by atoms with Crippen molar-refractivity contribution in [3.63, 3.8) is 0 Å². The van der Waals surface area contributed by atoms with Gasteiger partial charge in [-0.1, -0.05) is 47.5 Å². The number of hydrogen-bond acceptors (Lipinski definition) is 5. The van der Waals surface area contributed by atoms with E-state index in [0.717, 1.165) is 11.1 Å². The van der Waals surface area contributed by atoms with Crippen molar-refractivity contribution in [1.82, 2.24) is 10.9 Å². The number of amidine groups is 1. The van der Waals surface area contributed by atoms with E-state index >= 15 is 0 Å². The maximum atomic E-state index is 14.7. The summed E-state index contributed by atoms with van der Waals surface area (Å²) in [5.74, 6) is -0.743. The number of aliphatic imine (C=N–C) groups is 1. The molecule has 10 heteroatoms. The lowest BCUT2D eigenvalue weighted by atomic mass is 9.57. The van der Waals surface area contributed by atoms with E-state index in [-0.39, 0.29) is 24.3 Å². The fraction of sp³-hybridized carbons (Fsp3) is 0.321. The fourth-order valence-electron chi connectivity index (χ4n) is 5.87. The number of halogens is 3. The summed E-state index contributed by atoms with van der Waals surface area (Å²) in [7, 11) is 0. The van der Waals surface area contributed by atoms with Crippen LogP contribution in [0.4, 0.5) is 14.9 Å². The second-order valence-electron chi connectivity index (χ2n) is 9.64. The van der Waals surface area contributed by atoms with E-state index in [1.807, 2.05) is 31.2 Å². The summed E-state index contributed by atoms with van der Waals surface area (Å²) in [5, 5.41) is 4.18. The second-order valence-corrected chi connectivity index (χ2v) is 10.6. The Balaban J connectivity index is 1.73. The molecule has 38 heavy (non-hydrogen) atoms. The molecule has 5 rings (SSSR count). The molecule has 1 unspecified atom stereocenters. The number of anilines is 1. The van der Waals surface area contributed by atoms with E-state index in [1.54, 1.807) is 25.1 Å². The van der Waals surface area contributed by atoms with E-state index in [0.29, 0.717) is 40.0 Å². The van der Waals surface area contributed by atoms with Crippen LogP contribution in [0.5, 0.6) is 0 Å². The number of allylic oxidation sites excluding steroid dienone is 4. The first-order chi connectivity index (χ1) is 18.2. The Hall–Kier alpha value is -3.36. The highest BCUT2D eigenvalue weighted by molar-refractivity contribution is 6.31. The molecule has 1 aliphatic carbocycles. The lowest BCUT2D eigenvalue weighted by Gasteiger charge is -2.47. The average molecular weight is 557 g/mol. The first-order valence-corrected chi connectivity index (χ1v) is 13.2. The summed E-state index contributed by atoms with van der Waals surface area (Å²) in [4.78, 5) is 31.2. The van der Waals surface area contributed by atoms with Crippen molar-refractivity contribution in [1.29, 1.82) is 0 Å². The molecule has 2 aromatic rings. The summed E-state index contributed by atoms with van der Waals surface area (Å²) in [5.41, 5.74) is 6.89. The Morgan fingerprint density at radius 1 is 1.24 bits per heavy atom. The number of carbonyl (C=O) groups is 2. The van der Waals surface area contributed by atoms with Gasteiger partial charge in [-0.25, -0.2) is 14.6 Å². The van der Waals surface area contributed by atoms with Crippen molar-refractivity contribution < 1.29 is 18.7 Å². The number of nitrogens with zero attached hydrogens (tertiary/aromatic N) is 1. The lowest BCUT2D eigenvalue weighted by molar-refractivity contribution is -0.124. The number of rotatable bonds is 3. The van der Waals surface area contributed by atoms with Gasteiger partial charge in [-0.2, -0.15) is 0 Å². The minimum Gasteiger partial charge on any atom is -0.449 e. The van der Waals surface area contributed by atoms with E-state index < -0.39 is 23.4 Å². The van der Waals surface area contributed by atoms with Crippen molar-refractivity contribution >= 4 is 46.7 Å². The van der Waals surface area contributed by atoms with Crippen LogP contribution in [-0.2, 0) is 14.9 Å². The fourth-order valence-corrected chi connectivity index (χ4v) is 6.30. The summed E-state index contributed by atoms with van der Waals surface area (Å²) >= 11 is 12.8. The molecule has 2 aromatic carbocycles. The first kappa shape index (κ1) is 26.3. The predicted molar refractivity (Wildman–Crippen MR) is 146 cm³/mol. The molecule has 2 aliphatic heterocycles. The van der Waals surface area contributed by atoms with Crippen molar-refractivity contribution in [2.45, 2.75) is 38.1 Å². The number of hydrazine groups is 1. The molecule has 1 spiro atoms. The smallest absolute Gasteiger partial charge is 0.425 e. The summed E-state index contributed by atoms with van der Waals surface area (Å²) in [6.07, 6.45) is 5.93. The van der Waals surface area contributed by atoms with Crippen molar-refractivity contribution in [2.24, 2.45) is 16.8 Å². The largest absolute Gasteiger partial charge is 0.449 e. The monoisotopic (exact) mass is 556 g/mol. The molecule has 0 aromatic heterocycles. The average Bonchev–Trinajstić information content (AvgIpc) is 3.16. The molecule has 3 aliphatic rings. The third kappa shape index (κ3) is 4.56. The second kappa shape index (κ2) is 10.4. The molecular formula is C28H27Cl2FN4O3. The molecule has 0 saturated heterocycles. The molecule has 0 saturated carbocycles. The highest BCUT2D eigenvalue weighted by Crippen LogP contribution is 2.59. The van der Waals surface area contributed by atoms with Gasteiger partial charge in [0.1, 0.15) is 17.1 Å². The van der Waals surface area contributed by atoms with E-state index in [1.165, 1.54) is 12.1 Å². The summed E-state index contributed by atoms with van der Waals surface area (Å²) in [6.45, 7) is 3.77. The molecular weight excluding hydrogens is 530 g/mol. The zero-order chi connectivity index (χ0) is 27.0. The van der Waals surface area contributed by atoms with Crippen LogP contribution in [0.25, 0.3) is 0 Å². The van der Waals surface area contributed by atoms with Gasteiger partial charge in [0.25, 0.3) is 0 Å². The number of aryl methyl sites for hydroxylation is 1. The van der Waals surface area contributed by atoms with E-state index in [9.17, 15) is 14.0 Å². The minimum atomic E-state index is -1.20. The Morgan fingerprint density at radius 3 is 2.82 bits per heavy atom. The molecule has 0 fully saturated rings. The van der Waals surface area contributed by atoms with Gasteiger partial charge in [0.15, 0.2) is 0 Å². The zero-order valence-corrected chi connectivity index (χ0v) is 22.4. The number of benzene rings is 2. The molecule has 0 radical (unpaired) electrons. The molecule has 3 N–H and O–H groups in total. The van der Waals surface area contributed by atoms with Gasteiger partial charge in [0.2, 0.25) is 5.91 Å². The molecule has 2 heterocycles. The summed E-state index contributed by atoms with van der Waals surface area (Å²) < 4.78 is 19.6. The number of fused-ring (bicyclic) bond motifs is 2. The molecule has 7 nitrogen and oxygen atoms in total. The Labute approximate surface area is 230 Å². The topological polar surface area (TPSA) is 91.8 Å². The SMILES string of the molecule is CCOC(=O)NNC1=N[C@@H](c2cc(F)ccc2C)[C@@]2(C(=O)Nc3cc(Cl)ccc32)[C@H](C2C=CC=C(Cl)C2)C1. The third-order valence-corrected chi connectivity index (χ3v) is 7.98. The van der Waals surface area contributed by atoms with Crippen LogP contribution in [-0.4, -0.2) is 24.4 Å². The number of amides is 2. The van der Waals surface area contributed by atoms with Gasteiger partial charge in [-0.05, 0) is 79.1 Å². The maximum Gasteiger partial charge on any atom is 0.425 e. The van der Waals surface area contributed by atoms with Crippen LogP contribution in [0, 0.1) is 24.6 Å². The molecule has 198 valence electrons. The Bertz CT molecular complexity index is 1390. The van der Waals surface area contributed by atoms with Gasteiger partial charge in [0, 0.05) is 22.2 Å². The number of ether oxygens (including phenoxy) is 1. The van der Waals surface area contributed by atoms with Gasteiger partial charge in [-0.3, -0.25) is 15.2 Å². The molecule has 4 atom stereocenters.